The first kappa shape index (κ1) is 14.3. The number of hydrogen-bond donors (Lipinski definition) is 1. The summed E-state index contributed by atoms with van der Waals surface area (Å²) in [4.78, 5) is 24.8. The topological polar surface area (TPSA) is 54.4 Å². The van der Waals surface area contributed by atoms with Gasteiger partial charge in [0.2, 0.25) is 0 Å². The van der Waals surface area contributed by atoms with Gasteiger partial charge in [-0.15, -0.1) is 0 Å². The van der Waals surface area contributed by atoms with Crippen LogP contribution in [-0.2, 0) is 17.6 Å². The van der Waals surface area contributed by atoms with E-state index in [1.54, 1.807) is 0 Å². The Morgan fingerprint density at radius 1 is 1.19 bits per heavy atom. The second-order valence-corrected chi connectivity index (χ2v) is 6.41. The van der Waals surface area contributed by atoms with Crippen LogP contribution in [0.2, 0.25) is 0 Å². The number of amides is 2. The molecule has 21 heavy (non-hydrogen) atoms. The van der Waals surface area contributed by atoms with Crippen molar-refractivity contribution in [3.63, 3.8) is 0 Å². The lowest BCUT2D eigenvalue weighted by Crippen LogP contribution is -2.61. The smallest absolute Gasteiger partial charge is 0.435 e. The average Bonchev–Trinajstić information content (AvgIpc) is 2.88. The summed E-state index contributed by atoms with van der Waals surface area (Å²) < 4.78 is -0.354. The third-order valence-electron chi connectivity index (χ3n) is 5.32. The van der Waals surface area contributed by atoms with E-state index in [2.05, 4.69) is 12.1 Å². The molecule has 2 aliphatic rings. The fraction of sp³-hybridized carbons (Fsp3) is 0.529. The maximum Gasteiger partial charge on any atom is 0.521 e. The van der Waals surface area contributed by atoms with Gasteiger partial charge in [0.15, 0.2) is 0 Å². The first-order valence-electron chi connectivity index (χ1n) is 7.78. The van der Waals surface area contributed by atoms with Crippen molar-refractivity contribution in [2.45, 2.75) is 45.1 Å². The van der Waals surface area contributed by atoms with Gasteiger partial charge in [-0.25, -0.2) is 4.79 Å². The number of carbonyl (C=O) groups is 2. The molecule has 1 heterocycles. The maximum atomic E-state index is 13.0. The molecule has 0 radical (unpaired) electrons. The van der Waals surface area contributed by atoms with Crippen LogP contribution in [0.25, 0.3) is 0 Å². The van der Waals surface area contributed by atoms with E-state index in [1.165, 1.54) is 11.1 Å². The summed E-state index contributed by atoms with van der Waals surface area (Å²) in [6.45, 7) is 2.35. The lowest BCUT2D eigenvalue weighted by atomic mass is 9.82. The minimum absolute atomic E-state index is 0.0815. The van der Waals surface area contributed by atoms with Crippen molar-refractivity contribution in [1.29, 1.82) is 0 Å². The van der Waals surface area contributed by atoms with Crippen LogP contribution in [0.5, 0.6) is 0 Å². The van der Waals surface area contributed by atoms with Crippen molar-refractivity contribution in [2.24, 2.45) is 5.92 Å². The highest BCUT2D eigenvalue weighted by atomic mass is 16.4. The molecule has 1 fully saturated rings. The minimum atomic E-state index is -0.969. The molecule has 3 rings (SSSR count). The summed E-state index contributed by atoms with van der Waals surface area (Å²) in [5, 5.41) is 9.68. The third-order valence-corrected chi connectivity index (χ3v) is 5.32. The van der Waals surface area contributed by atoms with Crippen LogP contribution in [0.3, 0.4) is 0 Å². The summed E-state index contributed by atoms with van der Waals surface area (Å²) >= 11 is 0. The van der Waals surface area contributed by atoms with Crippen molar-refractivity contribution in [1.82, 2.24) is 0 Å². The quantitative estimate of drug-likeness (QED) is 0.808. The van der Waals surface area contributed by atoms with Gasteiger partial charge in [0.05, 0.1) is 12.5 Å². The van der Waals surface area contributed by atoms with Crippen LogP contribution < -0.4 is 0 Å². The highest BCUT2D eigenvalue weighted by Gasteiger charge is 2.55. The lowest BCUT2D eigenvalue weighted by Gasteiger charge is -2.34. The molecule has 4 heteroatoms. The van der Waals surface area contributed by atoms with Crippen LogP contribution in [0, 0.1) is 5.92 Å². The average molecular weight is 288 g/mol. The lowest BCUT2D eigenvalue weighted by molar-refractivity contribution is -0.794. The van der Waals surface area contributed by atoms with Crippen molar-refractivity contribution >= 4 is 12.0 Å². The van der Waals surface area contributed by atoms with Gasteiger partial charge in [0.25, 0.3) is 0 Å². The molecule has 1 aromatic carbocycles. The molecule has 1 N–H and O–H groups in total. The van der Waals surface area contributed by atoms with E-state index in [0.29, 0.717) is 13.0 Å². The Kier molecular flexibility index (Phi) is 3.57. The highest BCUT2D eigenvalue weighted by molar-refractivity contribution is 5.83. The van der Waals surface area contributed by atoms with E-state index in [0.717, 1.165) is 25.7 Å². The van der Waals surface area contributed by atoms with E-state index in [1.807, 2.05) is 19.1 Å². The molecule has 0 spiro atoms. The number of rotatable bonds is 1. The molecule has 1 aliphatic heterocycles. The van der Waals surface area contributed by atoms with Gasteiger partial charge in [-0.05, 0) is 37.3 Å². The molecule has 112 valence electrons. The maximum absolute atomic E-state index is 13.0. The molecule has 1 saturated heterocycles. The Morgan fingerprint density at radius 2 is 1.90 bits per heavy atom. The van der Waals surface area contributed by atoms with E-state index < -0.39 is 6.09 Å². The minimum Gasteiger partial charge on any atom is -0.435 e. The fourth-order valence-corrected chi connectivity index (χ4v) is 4.02. The second-order valence-electron chi connectivity index (χ2n) is 6.41. The van der Waals surface area contributed by atoms with Crippen molar-refractivity contribution in [2.75, 3.05) is 6.54 Å². The number of quaternary nitrogens is 1. The number of carbonyl (C=O) groups excluding carboxylic acids is 1. The van der Waals surface area contributed by atoms with Gasteiger partial charge in [0.1, 0.15) is 6.04 Å². The summed E-state index contributed by atoms with van der Waals surface area (Å²) in [6.07, 6.45) is 3.01. The van der Waals surface area contributed by atoms with Gasteiger partial charge in [-0.1, -0.05) is 24.3 Å². The highest BCUT2D eigenvalue weighted by Crippen LogP contribution is 2.34. The van der Waals surface area contributed by atoms with Crippen LogP contribution in [0.15, 0.2) is 24.3 Å². The molecule has 3 atom stereocenters. The van der Waals surface area contributed by atoms with Gasteiger partial charge in [-0.2, -0.15) is 9.28 Å². The normalized spacial score (nSPS) is 31.7. The van der Waals surface area contributed by atoms with Crippen LogP contribution in [0.1, 0.15) is 37.3 Å². The van der Waals surface area contributed by atoms with E-state index >= 15 is 0 Å². The molecule has 2 amide bonds. The zero-order valence-electron chi connectivity index (χ0n) is 12.4. The Labute approximate surface area is 125 Å². The molecule has 0 aromatic heterocycles. The standard InChI is InChI=1S/C17H21NO3/c1-12-5-4-10-18(12,17(20)21)16(19)15-9-8-13-6-2-3-7-14(13)11-15/h2-3,6-7,12,15H,4-5,8-11H2,1H3/p+1/t12-,15?,18?/m1/s1. The number of imide groups is 1. The summed E-state index contributed by atoms with van der Waals surface area (Å²) in [5.41, 5.74) is 2.51. The number of likely N-dealkylation sites (tertiary alicyclic amines) is 1. The number of fused-ring (bicyclic) bond motifs is 1. The molecular weight excluding hydrogens is 266 g/mol. The Hall–Kier alpha value is -1.68. The molecule has 1 aliphatic carbocycles. The molecule has 4 nitrogen and oxygen atoms in total. The Morgan fingerprint density at radius 3 is 2.52 bits per heavy atom. The molecule has 1 aromatic rings. The number of aryl methyl sites for hydroxylation is 1. The summed E-state index contributed by atoms with van der Waals surface area (Å²) in [6, 6.07) is 8.08. The monoisotopic (exact) mass is 288 g/mol. The molecular formula is C17H22NO3+. The van der Waals surface area contributed by atoms with E-state index in [-0.39, 0.29) is 22.3 Å². The third kappa shape index (κ3) is 2.18. The van der Waals surface area contributed by atoms with Crippen LogP contribution >= 0.6 is 0 Å². The molecule has 0 bridgehead atoms. The fourth-order valence-electron chi connectivity index (χ4n) is 4.02. The van der Waals surface area contributed by atoms with E-state index in [4.69, 9.17) is 0 Å². The van der Waals surface area contributed by atoms with Crippen LogP contribution in [0.4, 0.5) is 4.79 Å². The molecule has 2 unspecified atom stereocenters. The first-order chi connectivity index (χ1) is 10.1. The van der Waals surface area contributed by atoms with Gasteiger partial charge >= 0.3 is 12.0 Å². The SMILES string of the molecule is C[C@@H]1CCC[N+]1(C(=O)O)C(=O)C1CCc2ccccc2C1. The predicted molar refractivity (Wildman–Crippen MR) is 78.8 cm³/mol. The van der Waals surface area contributed by atoms with Gasteiger partial charge in [-0.3, -0.25) is 0 Å². The summed E-state index contributed by atoms with van der Waals surface area (Å²) in [7, 11) is 0. The van der Waals surface area contributed by atoms with Crippen molar-refractivity contribution in [3.8, 4) is 0 Å². The van der Waals surface area contributed by atoms with E-state index in [9.17, 15) is 14.7 Å². The number of hydrogen-bond acceptors (Lipinski definition) is 2. The summed E-state index contributed by atoms with van der Waals surface area (Å²) in [5.74, 6) is -0.237. The first-order valence-corrected chi connectivity index (χ1v) is 7.78. The second kappa shape index (κ2) is 5.26. The largest absolute Gasteiger partial charge is 0.521 e. The van der Waals surface area contributed by atoms with Crippen molar-refractivity contribution < 1.29 is 19.2 Å². The number of nitrogens with zero attached hydrogens (tertiary/aromatic N) is 1. The zero-order chi connectivity index (χ0) is 15.0. The van der Waals surface area contributed by atoms with Crippen molar-refractivity contribution in [3.05, 3.63) is 35.4 Å². The predicted octanol–water partition coefficient (Wildman–Crippen LogP) is 3.00. The van der Waals surface area contributed by atoms with Gasteiger partial charge in [0, 0.05) is 12.8 Å². The number of carboxylic acid groups (broad SMARTS) is 1. The van der Waals surface area contributed by atoms with Crippen LogP contribution in [-0.4, -0.2) is 34.2 Å². The zero-order valence-corrected chi connectivity index (χ0v) is 12.4. The Bertz CT molecular complexity index is 583. The number of benzene rings is 1. The van der Waals surface area contributed by atoms with Gasteiger partial charge < -0.3 is 5.11 Å². The molecule has 0 saturated carbocycles. The Balaban J connectivity index is 1.87.